The molecule has 0 unspecified atom stereocenters. The van der Waals surface area contributed by atoms with Crippen LogP contribution in [0, 0.1) is 0 Å². The minimum Gasteiger partial charge on any atom is -0.482 e. The highest BCUT2D eigenvalue weighted by atomic mass is 16.6. The van der Waals surface area contributed by atoms with Gasteiger partial charge in [0.15, 0.2) is 5.75 Å². The van der Waals surface area contributed by atoms with Crippen molar-refractivity contribution >= 4 is 0 Å². The fraction of sp³-hybridized carbons (Fsp3) is 0.714. The second kappa shape index (κ2) is 5.43. The highest BCUT2D eigenvalue weighted by Crippen LogP contribution is 2.24. The van der Waals surface area contributed by atoms with Crippen molar-refractivity contribution in [3.63, 3.8) is 0 Å². The molecule has 0 amide bonds. The normalized spacial score (nSPS) is 19.5. The molecule has 5 nitrogen and oxygen atoms in total. The molecular formula is C14H21N3O2. The average molecular weight is 263 g/mol. The highest BCUT2D eigenvalue weighted by Gasteiger charge is 2.24. The molecule has 3 rings (SSSR count). The van der Waals surface area contributed by atoms with Gasteiger partial charge < -0.3 is 14.8 Å². The van der Waals surface area contributed by atoms with Crippen LogP contribution in [0.3, 0.4) is 0 Å². The molecule has 1 saturated carbocycles. The third kappa shape index (κ3) is 3.22. The van der Waals surface area contributed by atoms with E-state index in [9.17, 15) is 0 Å². The Labute approximate surface area is 113 Å². The predicted molar refractivity (Wildman–Crippen MR) is 71.2 cm³/mol. The summed E-state index contributed by atoms with van der Waals surface area (Å²) in [6.45, 7) is 6.31. The SMILES string of the molecule is CC(C)c1ncc(OC2COC2)c(CNC2CC2)n1. The summed E-state index contributed by atoms with van der Waals surface area (Å²) in [5, 5.41) is 3.49. The van der Waals surface area contributed by atoms with E-state index in [1.165, 1.54) is 12.8 Å². The van der Waals surface area contributed by atoms with Crippen LogP contribution >= 0.6 is 0 Å². The molecule has 0 bridgehead atoms. The van der Waals surface area contributed by atoms with Gasteiger partial charge in [0.1, 0.15) is 11.9 Å². The zero-order valence-corrected chi connectivity index (χ0v) is 11.6. The molecule has 0 atom stereocenters. The summed E-state index contributed by atoms with van der Waals surface area (Å²) in [5.74, 6) is 2.01. The Kier molecular flexibility index (Phi) is 3.66. The fourth-order valence-electron chi connectivity index (χ4n) is 1.91. The molecule has 1 aliphatic heterocycles. The minimum absolute atomic E-state index is 0.160. The smallest absolute Gasteiger partial charge is 0.161 e. The lowest BCUT2D eigenvalue weighted by Crippen LogP contribution is -2.39. The van der Waals surface area contributed by atoms with Crippen LogP contribution in [0.4, 0.5) is 0 Å². The lowest BCUT2D eigenvalue weighted by Gasteiger charge is -2.27. The molecule has 2 fully saturated rings. The molecule has 0 radical (unpaired) electrons. The molecule has 2 aliphatic rings. The number of hydrogen-bond acceptors (Lipinski definition) is 5. The molecule has 5 heteroatoms. The number of nitrogens with zero attached hydrogens (tertiary/aromatic N) is 2. The summed E-state index contributed by atoms with van der Waals surface area (Å²) in [6, 6.07) is 0.664. The molecular weight excluding hydrogens is 242 g/mol. The number of ether oxygens (including phenoxy) is 2. The zero-order chi connectivity index (χ0) is 13.2. The first-order valence-corrected chi connectivity index (χ1v) is 7.06. The molecule has 2 heterocycles. The maximum Gasteiger partial charge on any atom is 0.161 e. The lowest BCUT2D eigenvalue weighted by atomic mass is 10.2. The molecule has 104 valence electrons. The molecule has 1 saturated heterocycles. The van der Waals surface area contributed by atoms with E-state index in [-0.39, 0.29) is 6.10 Å². The van der Waals surface area contributed by atoms with Gasteiger partial charge in [-0.25, -0.2) is 9.97 Å². The molecule has 19 heavy (non-hydrogen) atoms. The van der Waals surface area contributed by atoms with Crippen LogP contribution in [-0.2, 0) is 11.3 Å². The van der Waals surface area contributed by atoms with Crippen LogP contribution < -0.4 is 10.1 Å². The van der Waals surface area contributed by atoms with Crippen molar-refractivity contribution in [1.82, 2.24) is 15.3 Å². The second-order valence-electron chi connectivity index (χ2n) is 5.63. The average Bonchev–Trinajstić information content (AvgIpc) is 3.15. The first-order chi connectivity index (χ1) is 9.22. The van der Waals surface area contributed by atoms with Crippen LogP contribution in [0.25, 0.3) is 0 Å². The predicted octanol–water partition coefficient (Wildman–Crippen LogP) is 1.63. The Morgan fingerprint density at radius 3 is 2.79 bits per heavy atom. The van der Waals surface area contributed by atoms with Gasteiger partial charge in [-0.15, -0.1) is 0 Å². The Balaban J connectivity index is 1.74. The van der Waals surface area contributed by atoms with Crippen molar-refractivity contribution < 1.29 is 9.47 Å². The van der Waals surface area contributed by atoms with E-state index in [4.69, 9.17) is 9.47 Å². The minimum atomic E-state index is 0.160. The maximum absolute atomic E-state index is 5.88. The van der Waals surface area contributed by atoms with Crippen molar-refractivity contribution in [3.05, 3.63) is 17.7 Å². The van der Waals surface area contributed by atoms with Crippen molar-refractivity contribution in [2.75, 3.05) is 13.2 Å². The van der Waals surface area contributed by atoms with Crippen LogP contribution in [0.5, 0.6) is 5.75 Å². The molecule has 1 aromatic heterocycles. The molecule has 0 spiro atoms. The quantitative estimate of drug-likeness (QED) is 0.845. The van der Waals surface area contributed by atoms with Crippen LogP contribution in [0.15, 0.2) is 6.20 Å². The highest BCUT2D eigenvalue weighted by molar-refractivity contribution is 5.26. The third-order valence-electron chi connectivity index (χ3n) is 3.40. The van der Waals surface area contributed by atoms with Gasteiger partial charge in [-0.05, 0) is 12.8 Å². The number of aromatic nitrogens is 2. The van der Waals surface area contributed by atoms with Gasteiger partial charge in [0.25, 0.3) is 0 Å². The van der Waals surface area contributed by atoms with E-state index in [1.54, 1.807) is 0 Å². The topological polar surface area (TPSA) is 56.3 Å². The number of nitrogens with one attached hydrogen (secondary N) is 1. The van der Waals surface area contributed by atoms with E-state index in [0.717, 1.165) is 23.8 Å². The molecule has 1 N–H and O–H groups in total. The second-order valence-corrected chi connectivity index (χ2v) is 5.63. The Morgan fingerprint density at radius 2 is 2.21 bits per heavy atom. The summed E-state index contributed by atoms with van der Waals surface area (Å²) in [5.41, 5.74) is 0.970. The first-order valence-electron chi connectivity index (χ1n) is 7.06. The summed E-state index contributed by atoms with van der Waals surface area (Å²) in [7, 11) is 0. The Hall–Kier alpha value is -1.20. The number of rotatable bonds is 6. The van der Waals surface area contributed by atoms with E-state index >= 15 is 0 Å². The first kappa shape index (κ1) is 12.8. The van der Waals surface area contributed by atoms with Gasteiger partial charge in [-0.2, -0.15) is 0 Å². The maximum atomic E-state index is 5.88. The van der Waals surface area contributed by atoms with Crippen molar-refractivity contribution in [2.45, 2.75) is 51.3 Å². The third-order valence-corrected chi connectivity index (χ3v) is 3.40. The summed E-state index contributed by atoms with van der Waals surface area (Å²) in [6.07, 6.45) is 4.52. The van der Waals surface area contributed by atoms with Crippen molar-refractivity contribution in [1.29, 1.82) is 0 Å². The van der Waals surface area contributed by atoms with E-state index in [1.807, 2.05) is 6.20 Å². The van der Waals surface area contributed by atoms with Crippen molar-refractivity contribution in [2.24, 2.45) is 0 Å². The Morgan fingerprint density at radius 1 is 1.42 bits per heavy atom. The van der Waals surface area contributed by atoms with Crippen LogP contribution in [0.1, 0.15) is 44.1 Å². The van der Waals surface area contributed by atoms with Crippen LogP contribution in [-0.4, -0.2) is 35.3 Å². The van der Waals surface area contributed by atoms with Gasteiger partial charge in [0.05, 0.1) is 25.1 Å². The lowest BCUT2D eigenvalue weighted by molar-refractivity contribution is -0.0803. The van der Waals surface area contributed by atoms with Gasteiger partial charge in [0.2, 0.25) is 0 Å². The summed E-state index contributed by atoms with van der Waals surface area (Å²) in [4.78, 5) is 9.03. The van der Waals surface area contributed by atoms with E-state index < -0.39 is 0 Å². The van der Waals surface area contributed by atoms with E-state index in [2.05, 4.69) is 29.1 Å². The van der Waals surface area contributed by atoms with Crippen LogP contribution in [0.2, 0.25) is 0 Å². The molecule has 1 aromatic rings. The van der Waals surface area contributed by atoms with Gasteiger partial charge in [-0.3, -0.25) is 0 Å². The van der Waals surface area contributed by atoms with Gasteiger partial charge >= 0.3 is 0 Å². The zero-order valence-electron chi connectivity index (χ0n) is 11.6. The molecule has 1 aliphatic carbocycles. The number of hydrogen-bond donors (Lipinski definition) is 1. The monoisotopic (exact) mass is 263 g/mol. The van der Waals surface area contributed by atoms with E-state index in [0.29, 0.717) is 25.2 Å². The summed E-state index contributed by atoms with van der Waals surface area (Å²) >= 11 is 0. The van der Waals surface area contributed by atoms with Crippen molar-refractivity contribution in [3.8, 4) is 5.75 Å². The Bertz CT molecular complexity index is 442. The summed E-state index contributed by atoms with van der Waals surface area (Å²) < 4.78 is 11.0. The molecule has 0 aromatic carbocycles. The largest absolute Gasteiger partial charge is 0.482 e. The standard InChI is InChI=1S/C14H21N3O2/c1-9(2)14-16-6-13(19-11-7-18-8-11)12(17-14)5-15-10-3-4-10/h6,9-11,15H,3-5,7-8H2,1-2H3. The fourth-order valence-corrected chi connectivity index (χ4v) is 1.91. The van der Waals surface area contributed by atoms with Gasteiger partial charge in [0, 0.05) is 18.5 Å². The van der Waals surface area contributed by atoms with Gasteiger partial charge in [-0.1, -0.05) is 13.8 Å².